The summed E-state index contributed by atoms with van der Waals surface area (Å²) in [6, 6.07) is 8.59. The molecule has 98 valence electrons. The summed E-state index contributed by atoms with van der Waals surface area (Å²) in [5, 5.41) is 13.6. The first-order chi connectivity index (χ1) is 9.06. The first-order valence-electron chi connectivity index (χ1n) is 5.81. The highest BCUT2D eigenvalue weighted by molar-refractivity contribution is 5.94. The fourth-order valence-corrected chi connectivity index (χ4v) is 1.68. The van der Waals surface area contributed by atoms with Crippen LogP contribution >= 0.6 is 0 Å². The Hall–Kier alpha value is -2.43. The molecule has 4 nitrogen and oxygen atoms in total. The van der Waals surface area contributed by atoms with Crippen LogP contribution in [0.4, 0.5) is 4.39 Å². The van der Waals surface area contributed by atoms with Gasteiger partial charge in [0.2, 0.25) is 0 Å². The lowest BCUT2D eigenvalue weighted by Crippen LogP contribution is -2.29. The number of pyridine rings is 1. The van der Waals surface area contributed by atoms with Gasteiger partial charge in [-0.2, -0.15) is 4.73 Å². The van der Waals surface area contributed by atoms with Crippen molar-refractivity contribution in [2.45, 2.75) is 13.0 Å². The average Bonchev–Trinajstić information content (AvgIpc) is 2.40. The van der Waals surface area contributed by atoms with Gasteiger partial charge in [0.05, 0.1) is 11.6 Å². The van der Waals surface area contributed by atoms with Crippen molar-refractivity contribution in [3.63, 3.8) is 0 Å². The molecule has 0 bridgehead atoms. The van der Waals surface area contributed by atoms with E-state index in [0.717, 1.165) is 5.56 Å². The van der Waals surface area contributed by atoms with Crippen molar-refractivity contribution in [2.24, 2.45) is 0 Å². The summed E-state index contributed by atoms with van der Waals surface area (Å²) in [5.74, 6) is -0.595. The molecule has 1 N–H and O–H groups in total. The molecule has 1 atom stereocenters. The molecule has 1 unspecified atom stereocenters. The molecule has 0 fully saturated rings. The van der Waals surface area contributed by atoms with E-state index in [1.165, 1.54) is 36.7 Å². The second-order valence-electron chi connectivity index (χ2n) is 4.19. The first kappa shape index (κ1) is 13.0. The molecule has 2 rings (SSSR count). The van der Waals surface area contributed by atoms with E-state index in [-0.39, 0.29) is 17.8 Å². The molecule has 0 saturated heterocycles. The van der Waals surface area contributed by atoms with Gasteiger partial charge >= 0.3 is 0 Å². The number of aromatic nitrogens is 1. The third-order valence-corrected chi connectivity index (χ3v) is 2.78. The quantitative estimate of drug-likeness (QED) is 0.677. The Morgan fingerprint density at radius 2 is 1.79 bits per heavy atom. The van der Waals surface area contributed by atoms with Crippen molar-refractivity contribution >= 4 is 5.91 Å². The summed E-state index contributed by atoms with van der Waals surface area (Å²) in [5.41, 5.74) is 1.21. The van der Waals surface area contributed by atoms with Gasteiger partial charge in [-0.25, -0.2) is 4.39 Å². The Morgan fingerprint density at radius 3 is 2.37 bits per heavy atom. The Morgan fingerprint density at radius 1 is 1.21 bits per heavy atom. The minimum atomic E-state index is -0.315. The second kappa shape index (κ2) is 5.48. The van der Waals surface area contributed by atoms with E-state index >= 15 is 0 Å². The van der Waals surface area contributed by atoms with Gasteiger partial charge in [0.1, 0.15) is 5.82 Å². The highest BCUT2D eigenvalue weighted by Gasteiger charge is 2.12. The maximum Gasteiger partial charge on any atom is 0.252 e. The summed E-state index contributed by atoms with van der Waals surface area (Å²) in [6.45, 7) is 1.81. The van der Waals surface area contributed by atoms with Gasteiger partial charge in [0.25, 0.3) is 5.91 Å². The largest absolute Gasteiger partial charge is 0.619 e. The predicted molar refractivity (Wildman–Crippen MR) is 67.7 cm³/mol. The normalized spacial score (nSPS) is 11.9. The summed E-state index contributed by atoms with van der Waals surface area (Å²) in [7, 11) is 0. The third-order valence-electron chi connectivity index (χ3n) is 2.78. The van der Waals surface area contributed by atoms with E-state index in [1.54, 1.807) is 12.1 Å². The first-order valence-corrected chi connectivity index (χ1v) is 5.81. The van der Waals surface area contributed by atoms with E-state index in [1.807, 2.05) is 6.92 Å². The van der Waals surface area contributed by atoms with Gasteiger partial charge in [-0.1, -0.05) is 12.1 Å². The van der Waals surface area contributed by atoms with Crippen LogP contribution in [-0.4, -0.2) is 5.91 Å². The van der Waals surface area contributed by atoms with Gasteiger partial charge in [0.15, 0.2) is 12.4 Å². The lowest BCUT2D eigenvalue weighted by molar-refractivity contribution is -0.605. The minimum Gasteiger partial charge on any atom is -0.619 e. The van der Waals surface area contributed by atoms with Crippen LogP contribution in [0.3, 0.4) is 0 Å². The summed E-state index contributed by atoms with van der Waals surface area (Å²) in [4.78, 5) is 11.9. The van der Waals surface area contributed by atoms with Gasteiger partial charge in [-0.05, 0) is 24.6 Å². The van der Waals surface area contributed by atoms with Crippen LogP contribution in [-0.2, 0) is 0 Å². The van der Waals surface area contributed by atoms with Gasteiger partial charge in [-0.15, -0.1) is 0 Å². The predicted octanol–water partition coefficient (Wildman–Crippen LogP) is 1.95. The molecule has 0 spiro atoms. The number of hydrogen-bond acceptors (Lipinski definition) is 2. The molecule has 0 aliphatic rings. The number of benzene rings is 1. The molecule has 19 heavy (non-hydrogen) atoms. The Labute approximate surface area is 110 Å². The molecule has 0 aliphatic carbocycles. The van der Waals surface area contributed by atoms with Crippen molar-refractivity contribution in [1.82, 2.24) is 5.32 Å². The van der Waals surface area contributed by atoms with E-state index in [4.69, 9.17) is 0 Å². The molecular formula is C14H13FN2O2. The van der Waals surface area contributed by atoms with E-state index in [2.05, 4.69) is 5.32 Å². The Balaban J connectivity index is 2.06. The van der Waals surface area contributed by atoms with Crippen LogP contribution < -0.4 is 10.0 Å². The number of amides is 1. The van der Waals surface area contributed by atoms with Gasteiger partial charge in [-0.3, -0.25) is 4.79 Å². The monoisotopic (exact) mass is 260 g/mol. The highest BCUT2D eigenvalue weighted by Crippen LogP contribution is 2.13. The molecular weight excluding hydrogens is 247 g/mol. The number of halogens is 1. The van der Waals surface area contributed by atoms with Crippen LogP contribution in [0.15, 0.2) is 48.8 Å². The minimum absolute atomic E-state index is 0.243. The molecule has 1 aromatic carbocycles. The van der Waals surface area contributed by atoms with Crippen LogP contribution in [0, 0.1) is 11.0 Å². The Bertz CT molecular complexity index is 567. The van der Waals surface area contributed by atoms with Crippen molar-refractivity contribution < 1.29 is 13.9 Å². The number of rotatable bonds is 3. The van der Waals surface area contributed by atoms with Crippen LogP contribution in [0.1, 0.15) is 28.9 Å². The zero-order valence-corrected chi connectivity index (χ0v) is 10.3. The van der Waals surface area contributed by atoms with Crippen LogP contribution in [0.2, 0.25) is 0 Å². The molecule has 5 heteroatoms. The highest BCUT2D eigenvalue weighted by atomic mass is 19.1. The van der Waals surface area contributed by atoms with Crippen LogP contribution in [0.25, 0.3) is 0 Å². The topological polar surface area (TPSA) is 56.0 Å². The zero-order chi connectivity index (χ0) is 13.8. The molecule has 2 aromatic rings. The fourth-order valence-electron chi connectivity index (χ4n) is 1.68. The second-order valence-corrected chi connectivity index (χ2v) is 4.19. The number of hydrogen-bond donors (Lipinski definition) is 1. The molecule has 1 amide bonds. The zero-order valence-electron chi connectivity index (χ0n) is 10.3. The molecule has 1 aromatic heterocycles. The number of nitrogens with zero attached hydrogens (tertiary/aromatic N) is 1. The number of nitrogens with one attached hydrogen (secondary N) is 1. The van der Waals surface area contributed by atoms with Crippen molar-refractivity contribution in [3.05, 3.63) is 70.9 Å². The van der Waals surface area contributed by atoms with Crippen LogP contribution in [0.5, 0.6) is 0 Å². The molecule has 0 aliphatic heterocycles. The maximum atomic E-state index is 12.8. The SMILES string of the molecule is CC(NC(=O)c1cc[n+]([O-])cc1)c1ccc(F)cc1. The van der Waals surface area contributed by atoms with E-state index in [9.17, 15) is 14.4 Å². The lowest BCUT2D eigenvalue weighted by Gasteiger charge is -2.14. The fraction of sp³-hybridized carbons (Fsp3) is 0.143. The molecule has 0 saturated carbocycles. The summed E-state index contributed by atoms with van der Waals surface area (Å²) in [6.07, 6.45) is 2.52. The van der Waals surface area contributed by atoms with Gasteiger partial charge < -0.3 is 10.5 Å². The Kier molecular flexibility index (Phi) is 3.75. The van der Waals surface area contributed by atoms with E-state index in [0.29, 0.717) is 10.3 Å². The maximum absolute atomic E-state index is 12.8. The average molecular weight is 260 g/mol. The smallest absolute Gasteiger partial charge is 0.252 e. The van der Waals surface area contributed by atoms with Gasteiger partial charge in [0, 0.05) is 12.1 Å². The molecule has 0 radical (unpaired) electrons. The van der Waals surface area contributed by atoms with Crippen molar-refractivity contribution in [2.75, 3.05) is 0 Å². The number of carbonyl (C=O) groups is 1. The molecule has 1 heterocycles. The van der Waals surface area contributed by atoms with Crippen molar-refractivity contribution in [1.29, 1.82) is 0 Å². The number of carbonyl (C=O) groups excluding carboxylic acids is 1. The van der Waals surface area contributed by atoms with Crippen molar-refractivity contribution in [3.8, 4) is 0 Å². The lowest BCUT2D eigenvalue weighted by atomic mass is 10.1. The third kappa shape index (κ3) is 3.28. The summed E-state index contributed by atoms with van der Waals surface area (Å²) < 4.78 is 13.4. The standard InChI is InChI=1S/C14H13FN2O2/c1-10(11-2-4-13(15)5-3-11)16-14(18)12-6-8-17(19)9-7-12/h2-10H,1H3,(H,16,18). The summed E-state index contributed by atoms with van der Waals surface area (Å²) >= 11 is 0. The van der Waals surface area contributed by atoms with E-state index < -0.39 is 0 Å².